The number of benzene rings is 1. The number of aromatic carboxylic acids is 2. The normalized spacial score (nSPS) is 10.8. The van der Waals surface area contributed by atoms with Gasteiger partial charge in [-0.2, -0.15) is 0 Å². The first kappa shape index (κ1) is 16.6. The third-order valence-electron chi connectivity index (χ3n) is 1.85. The average molecular weight is 272 g/mol. The Kier molecular flexibility index (Phi) is 6.79. The summed E-state index contributed by atoms with van der Waals surface area (Å²) in [4.78, 5) is 30.4. The van der Waals surface area contributed by atoms with E-state index in [1.807, 2.05) is 0 Å². The van der Waals surface area contributed by atoms with Crippen molar-refractivity contribution in [1.82, 2.24) is 0 Å². The van der Waals surface area contributed by atoms with Crippen LogP contribution in [0.4, 0.5) is 0 Å². The van der Waals surface area contributed by atoms with E-state index in [0.717, 1.165) is 0 Å². The van der Waals surface area contributed by atoms with Crippen LogP contribution in [0.1, 0.15) is 20.7 Å². The van der Waals surface area contributed by atoms with E-state index >= 15 is 0 Å². The van der Waals surface area contributed by atoms with Gasteiger partial charge in [-0.1, -0.05) is 12.1 Å². The predicted molar refractivity (Wildman–Crippen MR) is 61.1 cm³/mol. The molecule has 0 saturated carbocycles. The Morgan fingerprint density at radius 2 is 1.32 bits per heavy atom. The number of carboxylic acid groups (broad SMARTS) is 3. The van der Waals surface area contributed by atoms with Gasteiger partial charge in [0.2, 0.25) is 0 Å². The number of rotatable bonds is 4. The average Bonchev–Trinajstić information content (AvgIpc) is 2.38. The van der Waals surface area contributed by atoms with Gasteiger partial charge >= 0.3 is 17.9 Å². The predicted octanol–water partition coefficient (Wildman–Crippen LogP) is -0.493. The summed E-state index contributed by atoms with van der Waals surface area (Å²) < 4.78 is 0. The van der Waals surface area contributed by atoms with Crippen molar-refractivity contribution in [3.05, 3.63) is 35.4 Å². The molecule has 0 amide bonds. The van der Waals surface area contributed by atoms with Crippen molar-refractivity contribution in [3.63, 3.8) is 0 Å². The molecular weight excluding hydrogens is 260 g/mol. The van der Waals surface area contributed by atoms with E-state index in [0.29, 0.717) is 0 Å². The van der Waals surface area contributed by atoms with Crippen LogP contribution in [-0.4, -0.2) is 56.2 Å². The molecule has 1 rings (SSSR count). The topological polar surface area (TPSA) is 152 Å². The van der Waals surface area contributed by atoms with Crippen molar-refractivity contribution < 1.29 is 39.9 Å². The first-order valence-electron chi connectivity index (χ1n) is 4.88. The lowest BCUT2D eigenvalue weighted by atomic mass is 10.1. The van der Waals surface area contributed by atoms with Crippen LogP contribution in [0, 0.1) is 0 Å². The molecule has 0 fully saturated rings. The van der Waals surface area contributed by atoms with E-state index < -0.39 is 30.6 Å². The molecule has 0 bridgehead atoms. The second-order valence-electron chi connectivity index (χ2n) is 3.19. The second-order valence-corrected chi connectivity index (χ2v) is 3.19. The summed E-state index contributed by atoms with van der Waals surface area (Å²) in [5.41, 5.74) is -0.380. The monoisotopic (exact) mass is 272 g/mol. The van der Waals surface area contributed by atoms with E-state index in [9.17, 15) is 14.4 Å². The number of hydrogen-bond donors (Lipinski definition) is 5. The Morgan fingerprint density at radius 1 is 0.947 bits per heavy atom. The lowest BCUT2D eigenvalue weighted by molar-refractivity contribution is -0.148. The fraction of sp³-hybridized carbons (Fsp3) is 0.182. The number of hydrogen-bond acceptors (Lipinski definition) is 5. The first-order valence-corrected chi connectivity index (χ1v) is 4.88. The zero-order chi connectivity index (χ0) is 15.0. The van der Waals surface area contributed by atoms with Gasteiger partial charge in [0.15, 0.2) is 6.10 Å². The molecule has 8 heteroatoms. The van der Waals surface area contributed by atoms with Gasteiger partial charge in [0.05, 0.1) is 17.7 Å². The number of aliphatic hydroxyl groups excluding tert-OH is 2. The highest BCUT2D eigenvalue weighted by Gasteiger charge is 2.13. The Hall–Kier alpha value is -2.45. The number of carboxylic acids is 3. The van der Waals surface area contributed by atoms with Crippen LogP contribution in [0.5, 0.6) is 0 Å². The van der Waals surface area contributed by atoms with Crippen LogP contribution in [0.25, 0.3) is 0 Å². The molecule has 0 spiro atoms. The van der Waals surface area contributed by atoms with Crippen molar-refractivity contribution in [2.75, 3.05) is 6.61 Å². The Balaban J connectivity index is 0.000000399. The maximum atomic E-state index is 10.5. The number of carbonyl (C=O) groups is 3. The molecule has 19 heavy (non-hydrogen) atoms. The standard InChI is InChI=1S/C8H6O4.C3H6O4/c9-7(10)5-3-1-2-4-6(5)8(11)12;4-1-2(5)3(6)7/h1-4H,(H,9,10)(H,11,12);2,4-5H,1H2,(H,6,7). The minimum Gasteiger partial charge on any atom is -0.479 e. The summed E-state index contributed by atoms with van der Waals surface area (Å²) >= 11 is 0. The third kappa shape index (κ3) is 5.61. The zero-order valence-electron chi connectivity index (χ0n) is 9.55. The summed E-state index contributed by atoms with van der Waals surface area (Å²) in [5.74, 6) is -3.86. The molecule has 0 radical (unpaired) electrons. The van der Waals surface area contributed by atoms with Crippen molar-refractivity contribution >= 4 is 17.9 Å². The summed E-state index contributed by atoms with van der Waals surface area (Å²) in [6.07, 6.45) is -1.63. The van der Waals surface area contributed by atoms with Gasteiger partial charge in [0.25, 0.3) is 0 Å². The van der Waals surface area contributed by atoms with Crippen LogP contribution in [0.15, 0.2) is 24.3 Å². The highest BCUT2D eigenvalue weighted by Crippen LogP contribution is 2.07. The molecule has 104 valence electrons. The van der Waals surface area contributed by atoms with Gasteiger partial charge in [-0.15, -0.1) is 0 Å². The van der Waals surface area contributed by atoms with E-state index in [4.69, 9.17) is 25.5 Å². The Morgan fingerprint density at radius 3 is 1.47 bits per heavy atom. The van der Waals surface area contributed by atoms with Gasteiger partial charge in [-0.05, 0) is 12.1 Å². The minimum absolute atomic E-state index is 0.190. The molecule has 0 saturated heterocycles. The molecular formula is C11H12O8. The van der Waals surface area contributed by atoms with Gasteiger partial charge in [0, 0.05) is 0 Å². The molecule has 0 aliphatic carbocycles. The summed E-state index contributed by atoms with van der Waals surface area (Å²) in [7, 11) is 0. The summed E-state index contributed by atoms with van der Waals surface area (Å²) in [6.45, 7) is -0.727. The molecule has 1 aromatic carbocycles. The zero-order valence-corrected chi connectivity index (χ0v) is 9.55. The van der Waals surface area contributed by atoms with Crippen LogP contribution >= 0.6 is 0 Å². The van der Waals surface area contributed by atoms with Gasteiger partial charge in [-0.25, -0.2) is 14.4 Å². The van der Waals surface area contributed by atoms with E-state index in [1.54, 1.807) is 0 Å². The van der Waals surface area contributed by atoms with Crippen LogP contribution < -0.4 is 0 Å². The maximum absolute atomic E-state index is 10.5. The van der Waals surface area contributed by atoms with Crippen molar-refractivity contribution in [2.45, 2.75) is 6.10 Å². The highest BCUT2D eigenvalue weighted by atomic mass is 16.4. The van der Waals surface area contributed by atoms with Crippen LogP contribution in [-0.2, 0) is 4.79 Å². The molecule has 1 atom stereocenters. The van der Waals surface area contributed by atoms with Crippen molar-refractivity contribution in [2.24, 2.45) is 0 Å². The fourth-order valence-electron chi connectivity index (χ4n) is 0.934. The maximum Gasteiger partial charge on any atom is 0.336 e. The lowest BCUT2D eigenvalue weighted by Gasteiger charge is -1.98. The largest absolute Gasteiger partial charge is 0.479 e. The van der Waals surface area contributed by atoms with Gasteiger partial charge < -0.3 is 25.5 Å². The molecule has 1 unspecified atom stereocenters. The van der Waals surface area contributed by atoms with E-state index in [-0.39, 0.29) is 11.1 Å². The molecule has 8 nitrogen and oxygen atoms in total. The Labute approximate surface area is 107 Å². The number of aliphatic carboxylic acids is 1. The molecule has 5 N–H and O–H groups in total. The van der Waals surface area contributed by atoms with Gasteiger partial charge in [0.1, 0.15) is 0 Å². The molecule has 0 aliphatic rings. The third-order valence-corrected chi connectivity index (χ3v) is 1.85. The first-order chi connectivity index (χ1) is 8.81. The summed E-state index contributed by atoms with van der Waals surface area (Å²) in [5, 5.41) is 40.8. The van der Waals surface area contributed by atoms with E-state index in [2.05, 4.69) is 0 Å². The minimum atomic E-state index is -1.63. The van der Waals surface area contributed by atoms with Crippen molar-refractivity contribution in [1.29, 1.82) is 0 Å². The van der Waals surface area contributed by atoms with Crippen LogP contribution in [0.2, 0.25) is 0 Å². The SMILES string of the molecule is O=C(O)C(O)CO.O=C(O)c1ccccc1C(=O)O. The molecule has 0 aromatic heterocycles. The Bertz CT molecular complexity index is 435. The molecule has 0 heterocycles. The lowest BCUT2D eigenvalue weighted by Crippen LogP contribution is -2.22. The quantitative estimate of drug-likeness (QED) is 0.492. The highest BCUT2D eigenvalue weighted by molar-refractivity contribution is 6.01. The smallest absolute Gasteiger partial charge is 0.336 e. The molecule has 0 aliphatic heterocycles. The molecule has 1 aromatic rings. The second kappa shape index (κ2) is 7.80. The fourth-order valence-corrected chi connectivity index (χ4v) is 0.934. The summed E-state index contributed by atoms with van der Waals surface area (Å²) in [6, 6.07) is 5.48. The van der Waals surface area contributed by atoms with Crippen molar-refractivity contribution in [3.8, 4) is 0 Å². The van der Waals surface area contributed by atoms with Gasteiger partial charge in [-0.3, -0.25) is 0 Å². The number of aliphatic hydroxyl groups is 2. The van der Waals surface area contributed by atoms with Crippen LogP contribution in [0.3, 0.4) is 0 Å². The van der Waals surface area contributed by atoms with E-state index in [1.165, 1.54) is 24.3 Å².